The quantitative estimate of drug-likeness (QED) is 0.864. The summed E-state index contributed by atoms with van der Waals surface area (Å²) in [5.41, 5.74) is -0.184. The van der Waals surface area contributed by atoms with Crippen LogP contribution in [0.2, 0.25) is 0 Å². The number of aryl methyl sites for hydroxylation is 2. The van der Waals surface area contributed by atoms with E-state index in [1.807, 2.05) is 0 Å². The second-order valence-corrected chi connectivity index (χ2v) is 5.44. The van der Waals surface area contributed by atoms with E-state index >= 15 is 0 Å². The Kier molecular flexibility index (Phi) is 3.84. The number of furan rings is 1. The van der Waals surface area contributed by atoms with Gasteiger partial charge in [-0.25, -0.2) is 4.79 Å². The second-order valence-electron chi connectivity index (χ2n) is 5.44. The van der Waals surface area contributed by atoms with E-state index in [2.05, 4.69) is 5.32 Å². The van der Waals surface area contributed by atoms with E-state index in [0.717, 1.165) is 0 Å². The molecule has 0 aliphatic rings. The van der Waals surface area contributed by atoms with Crippen molar-refractivity contribution >= 4 is 11.9 Å². The summed E-state index contributed by atoms with van der Waals surface area (Å²) in [7, 11) is 0. The Morgan fingerprint density at radius 1 is 1.33 bits per heavy atom. The number of carbonyl (C=O) groups is 2. The highest BCUT2D eigenvalue weighted by molar-refractivity contribution is 5.97. The highest BCUT2D eigenvalue weighted by Crippen LogP contribution is 2.21. The fourth-order valence-electron chi connectivity index (χ4n) is 1.71. The molecule has 0 bridgehead atoms. The Balaban J connectivity index is 2.93. The summed E-state index contributed by atoms with van der Waals surface area (Å²) in [5.74, 6) is -0.358. The summed E-state index contributed by atoms with van der Waals surface area (Å²) >= 11 is 0. The van der Waals surface area contributed by atoms with Gasteiger partial charge in [0.15, 0.2) is 0 Å². The minimum Gasteiger partial charge on any atom is -0.480 e. The molecule has 1 heterocycles. The van der Waals surface area contributed by atoms with Gasteiger partial charge in [-0.15, -0.1) is 0 Å². The largest absolute Gasteiger partial charge is 0.480 e. The van der Waals surface area contributed by atoms with Crippen LogP contribution in [0.5, 0.6) is 0 Å². The summed E-state index contributed by atoms with van der Waals surface area (Å²) in [6, 6.07) is 0.659. The van der Waals surface area contributed by atoms with Crippen LogP contribution in [0, 0.1) is 19.3 Å². The number of amides is 1. The van der Waals surface area contributed by atoms with Crippen LogP contribution < -0.4 is 5.32 Å². The van der Waals surface area contributed by atoms with Crippen LogP contribution in [0.4, 0.5) is 0 Å². The Hall–Kier alpha value is -1.78. The molecule has 0 saturated carbocycles. The lowest BCUT2D eigenvalue weighted by Gasteiger charge is -2.27. The van der Waals surface area contributed by atoms with Gasteiger partial charge < -0.3 is 14.8 Å². The summed E-state index contributed by atoms with van der Waals surface area (Å²) in [4.78, 5) is 23.2. The molecule has 1 atom stereocenters. The third-order valence-electron chi connectivity index (χ3n) is 2.67. The SMILES string of the molecule is Cc1cc(C(=O)N[C@@H](C(=O)O)C(C)(C)C)c(C)o1. The average molecular weight is 253 g/mol. The lowest BCUT2D eigenvalue weighted by Crippen LogP contribution is -2.49. The van der Waals surface area contributed by atoms with Gasteiger partial charge in [0.25, 0.3) is 5.91 Å². The molecule has 0 aliphatic heterocycles. The van der Waals surface area contributed by atoms with Gasteiger partial charge in [-0.2, -0.15) is 0 Å². The predicted molar refractivity (Wildman–Crippen MR) is 66.5 cm³/mol. The van der Waals surface area contributed by atoms with E-state index in [0.29, 0.717) is 17.1 Å². The molecule has 1 amide bonds. The normalized spacial score (nSPS) is 13.2. The first kappa shape index (κ1) is 14.3. The zero-order valence-electron chi connectivity index (χ0n) is 11.3. The molecule has 5 heteroatoms. The molecule has 5 nitrogen and oxygen atoms in total. The first-order valence-corrected chi connectivity index (χ1v) is 5.73. The van der Waals surface area contributed by atoms with Crippen LogP contribution in [0.25, 0.3) is 0 Å². The summed E-state index contributed by atoms with van der Waals surface area (Å²) < 4.78 is 5.26. The standard InChI is InChI=1S/C13H19NO4/c1-7-6-9(8(2)18-7)11(15)14-10(12(16)17)13(3,4)5/h6,10H,1-5H3,(H,14,15)(H,16,17)/t10-/m0/s1. The second kappa shape index (κ2) is 4.84. The highest BCUT2D eigenvalue weighted by Gasteiger charge is 2.33. The minimum absolute atomic E-state index is 0.378. The van der Waals surface area contributed by atoms with Crippen LogP contribution in [0.3, 0.4) is 0 Å². The van der Waals surface area contributed by atoms with E-state index < -0.39 is 23.3 Å². The molecule has 0 fully saturated rings. The van der Waals surface area contributed by atoms with Crippen molar-refractivity contribution in [2.45, 2.75) is 40.7 Å². The topological polar surface area (TPSA) is 79.5 Å². The zero-order chi connectivity index (χ0) is 14.1. The average Bonchev–Trinajstić information content (AvgIpc) is 2.51. The number of carbonyl (C=O) groups excluding carboxylic acids is 1. The van der Waals surface area contributed by atoms with Gasteiger partial charge in [-0.3, -0.25) is 4.79 Å². The smallest absolute Gasteiger partial charge is 0.326 e. The maximum absolute atomic E-state index is 12.0. The van der Waals surface area contributed by atoms with Crippen molar-refractivity contribution < 1.29 is 19.1 Å². The van der Waals surface area contributed by atoms with Gasteiger partial charge in [0.2, 0.25) is 0 Å². The van der Waals surface area contributed by atoms with Crippen molar-refractivity contribution in [1.29, 1.82) is 0 Å². The van der Waals surface area contributed by atoms with Crippen molar-refractivity contribution in [3.05, 3.63) is 23.2 Å². The molecule has 0 aliphatic carbocycles. The summed E-state index contributed by atoms with van der Waals surface area (Å²) in [6.45, 7) is 8.70. The first-order valence-electron chi connectivity index (χ1n) is 5.73. The molecule has 100 valence electrons. The van der Waals surface area contributed by atoms with Crippen molar-refractivity contribution in [3.63, 3.8) is 0 Å². The number of hydrogen-bond donors (Lipinski definition) is 2. The number of carboxylic acids is 1. The summed E-state index contributed by atoms with van der Waals surface area (Å²) in [6.07, 6.45) is 0. The van der Waals surface area contributed by atoms with Crippen LogP contribution in [0.15, 0.2) is 10.5 Å². The molecule has 1 aromatic heterocycles. The molecule has 0 unspecified atom stereocenters. The van der Waals surface area contributed by atoms with Gasteiger partial charge in [0, 0.05) is 0 Å². The van der Waals surface area contributed by atoms with Gasteiger partial charge in [-0.05, 0) is 25.3 Å². The fraction of sp³-hybridized carbons (Fsp3) is 0.538. The number of carboxylic acid groups (broad SMARTS) is 1. The van der Waals surface area contributed by atoms with Crippen LogP contribution >= 0.6 is 0 Å². The van der Waals surface area contributed by atoms with Crippen LogP contribution in [0.1, 0.15) is 42.6 Å². The van der Waals surface area contributed by atoms with Crippen molar-refractivity contribution in [2.24, 2.45) is 5.41 Å². The monoisotopic (exact) mass is 253 g/mol. The summed E-state index contributed by atoms with van der Waals surface area (Å²) in [5, 5.41) is 11.7. The molecule has 1 aromatic rings. The van der Waals surface area contributed by atoms with E-state index in [9.17, 15) is 9.59 Å². The van der Waals surface area contributed by atoms with Crippen molar-refractivity contribution in [3.8, 4) is 0 Å². The van der Waals surface area contributed by atoms with E-state index in [-0.39, 0.29) is 0 Å². The number of rotatable bonds is 3. The van der Waals surface area contributed by atoms with Gasteiger partial charge in [-0.1, -0.05) is 20.8 Å². The van der Waals surface area contributed by atoms with Crippen molar-refractivity contribution in [1.82, 2.24) is 5.32 Å². The maximum atomic E-state index is 12.0. The van der Waals surface area contributed by atoms with Crippen LogP contribution in [-0.2, 0) is 4.79 Å². The molecule has 0 radical (unpaired) electrons. The molecule has 2 N–H and O–H groups in total. The molecular weight excluding hydrogens is 234 g/mol. The third kappa shape index (κ3) is 3.12. The van der Waals surface area contributed by atoms with E-state index in [1.165, 1.54) is 0 Å². The Morgan fingerprint density at radius 2 is 1.89 bits per heavy atom. The maximum Gasteiger partial charge on any atom is 0.326 e. The zero-order valence-corrected chi connectivity index (χ0v) is 11.3. The van der Waals surface area contributed by atoms with E-state index in [4.69, 9.17) is 9.52 Å². The van der Waals surface area contributed by atoms with Crippen LogP contribution in [-0.4, -0.2) is 23.0 Å². The number of nitrogens with one attached hydrogen (secondary N) is 1. The minimum atomic E-state index is -1.05. The highest BCUT2D eigenvalue weighted by atomic mass is 16.4. The Morgan fingerprint density at radius 3 is 2.22 bits per heavy atom. The molecular formula is C13H19NO4. The molecule has 0 saturated heterocycles. The third-order valence-corrected chi connectivity index (χ3v) is 2.67. The Labute approximate surface area is 106 Å². The van der Waals surface area contributed by atoms with Gasteiger partial charge in [0.1, 0.15) is 17.6 Å². The first-order chi connectivity index (χ1) is 8.12. The molecule has 0 aromatic carbocycles. The predicted octanol–water partition coefficient (Wildman–Crippen LogP) is 2.13. The van der Waals surface area contributed by atoms with Gasteiger partial charge in [0.05, 0.1) is 5.56 Å². The van der Waals surface area contributed by atoms with Gasteiger partial charge >= 0.3 is 5.97 Å². The molecule has 18 heavy (non-hydrogen) atoms. The lowest BCUT2D eigenvalue weighted by atomic mass is 9.86. The fourth-order valence-corrected chi connectivity index (χ4v) is 1.71. The number of hydrogen-bond acceptors (Lipinski definition) is 3. The van der Waals surface area contributed by atoms with E-state index in [1.54, 1.807) is 40.7 Å². The molecule has 0 spiro atoms. The molecule has 1 rings (SSSR count). The lowest BCUT2D eigenvalue weighted by molar-refractivity contribution is -0.142. The Bertz CT molecular complexity index is 468. The number of aliphatic carboxylic acids is 1. The van der Waals surface area contributed by atoms with Crippen molar-refractivity contribution in [2.75, 3.05) is 0 Å².